The molecule has 21 heavy (non-hydrogen) atoms. The lowest BCUT2D eigenvalue weighted by atomic mass is 10.2. The molecule has 0 aliphatic rings. The Morgan fingerprint density at radius 1 is 1.38 bits per heavy atom. The van der Waals surface area contributed by atoms with Crippen LogP contribution in [0.5, 0.6) is 0 Å². The zero-order valence-corrected chi connectivity index (χ0v) is 13.9. The fourth-order valence-corrected chi connectivity index (χ4v) is 3.86. The largest absolute Gasteiger partial charge is 0.395 e. The van der Waals surface area contributed by atoms with Crippen LogP contribution in [0.2, 0.25) is 0 Å². The van der Waals surface area contributed by atoms with Crippen LogP contribution >= 0.6 is 11.8 Å². The van der Waals surface area contributed by atoms with E-state index in [9.17, 15) is 8.42 Å². The summed E-state index contributed by atoms with van der Waals surface area (Å²) in [5.41, 5.74) is 0.453. The fourth-order valence-electron chi connectivity index (χ4n) is 1.67. The third-order valence-electron chi connectivity index (χ3n) is 2.56. The van der Waals surface area contributed by atoms with Crippen molar-refractivity contribution in [3.63, 3.8) is 0 Å². The van der Waals surface area contributed by atoms with E-state index >= 15 is 0 Å². The Morgan fingerprint density at radius 3 is 2.76 bits per heavy atom. The molecule has 0 fully saturated rings. The number of benzene rings is 1. The van der Waals surface area contributed by atoms with Crippen molar-refractivity contribution in [2.45, 2.75) is 31.2 Å². The van der Waals surface area contributed by atoms with E-state index in [0.29, 0.717) is 12.0 Å². The summed E-state index contributed by atoms with van der Waals surface area (Å²) in [6.07, 6.45) is 0.325. The first-order chi connectivity index (χ1) is 10.0. The zero-order valence-electron chi connectivity index (χ0n) is 12.3. The first kappa shape index (κ1) is 18.1. The molecule has 0 spiro atoms. The quantitative estimate of drug-likeness (QED) is 0.750. The molecule has 0 aliphatic carbocycles. The van der Waals surface area contributed by atoms with Gasteiger partial charge in [-0.2, -0.15) is 11.8 Å². The fraction of sp³-hybridized carbons (Fsp3) is 0.467. The van der Waals surface area contributed by atoms with Gasteiger partial charge in [-0.3, -0.25) is 0 Å². The van der Waals surface area contributed by atoms with Crippen LogP contribution in [0.4, 0.5) is 0 Å². The number of aliphatic hydroxyl groups is 1. The lowest BCUT2D eigenvalue weighted by molar-refractivity contribution is 0.305. The van der Waals surface area contributed by atoms with E-state index in [1.807, 2.05) is 13.8 Å². The van der Waals surface area contributed by atoms with Gasteiger partial charge < -0.3 is 5.11 Å². The van der Waals surface area contributed by atoms with E-state index in [0.717, 1.165) is 11.5 Å². The Bertz CT molecular complexity index is 603. The Hall–Kier alpha value is -1.00. The Morgan fingerprint density at radius 2 is 2.10 bits per heavy atom. The van der Waals surface area contributed by atoms with Gasteiger partial charge in [0.1, 0.15) is 0 Å². The minimum absolute atomic E-state index is 0.0363. The van der Waals surface area contributed by atoms with Gasteiger partial charge in [-0.1, -0.05) is 30.9 Å². The van der Waals surface area contributed by atoms with Crippen molar-refractivity contribution < 1.29 is 13.5 Å². The molecular formula is C15H21NO3S2. The standard InChI is InChI=1S/C15H21NO3S2/c1-3-20-12-13(2)16-21(18,19)15-10-5-4-8-14(15)9-6-7-11-17/h4-5,8,10,13,16-17H,3,7,11-12H2,1-2H3. The summed E-state index contributed by atoms with van der Waals surface area (Å²) in [6.45, 7) is 3.85. The molecule has 0 saturated carbocycles. The Labute approximate surface area is 131 Å². The maximum atomic E-state index is 12.4. The number of sulfonamides is 1. The van der Waals surface area contributed by atoms with E-state index in [1.165, 1.54) is 0 Å². The van der Waals surface area contributed by atoms with Crippen molar-refractivity contribution in [3.05, 3.63) is 29.8 Å². The van der Waals surface area contributed by atoms with Crippen LogP contribution in [-0.2, 0) is 10.0 Å². The maximum Gasteiger partial charge on any atom is 0.242 e. The minimum atomic E-state index is -3.59. The van der Waals surface area contributed by atoms with Crippen LogP contribution in [0.15, 0.2) is 29.2 Å². The van der Waals surface area contributed by atoms with Gasteiger partial charge in [0, 0.05) is 23.8 Å². The summed E-state index contributed by atoms with van der Waals surface area (Å²) in [5.74, 6) is 7.24. The summed E-state index contributed by atoms with van der Waals surface area (Å²) in [7, 11) is -3.59. The van der Waals surface area contributed by atoms with E-state index in [-0.39, 0.29) is 17.5 Å². The molecule has 0 saturated heterocycles. The van der Waals surface area contributed by atoms with Gasteiger partial charge in [-0.05, 0) is 24.8 Å². The molecular weight excluding hydrogens is 306 g/mol. The zero-order chi connectivity index (χ0) is 15.7. The van der Waals surface area contributed by atoms with Gasteiger partial charge >= 0.3 is 0 Å². The molecule has 0 amide bonds. The summed E-state index contributed by atoms with van der Waals surface area (Å²) >= 11 is 1.69. The monoisotopic (exact) mass is 327 g/mol. The molecule has 1 aromatic rings. The lowest BCUT2D eigenvalue weighted by Crippen LogP contribution is -2.34. The predicted octanol–water partition coefficient (Wildman–Crippen LogP) is 1.84. The van der Waals surface area contributed by atoms with Gasteiger partial charge in [0.25, 0.3) is 0 Å². The number of thioether (sulfide) groups is 1. The molecule has 2 N–H and O–H groups in total. The molecule has 0 bridgehead atoms. The predicted molar refractivity (Wildman–Crippen MR) is 87.8 cm³/mol. The molecule has 1 unspecified atom stereocenters. The second kappa shape index (κ2) is 9.11. The summed E-state index contributed by atoms with van der Waals surface area (Å²) in [4.78, 5) is 0.184. The molecule has 4 nitrogen and oxygen atoms in total. The van der Waals surface area contributed by atoms with Gasteiger partial charge in [0.05, 0.1) is 11.5 Å². The Balaban J connectivity index is 2.96. The van der Waals surface area contributed by atoms with Crippen LogP contribution in [0, 0.1) is 11.8 Å². The topological polar surface area (TPSA) is 66.4 Å². The normalized spacial score (nSPS) is 12.5. The van der Waals surface area contributed by atoms with Gasteiger partial charge in [-0.15, -0.1) is 0 Å². The first-order valence-corrected chi connectivity index (χ1v) is 9.44. The minimum Gasteiger partial charge on any atom is -0.395 e. The summed E-state index contributed by atoms with van der Waals surface area (Å²) < 4.78 is 27.5. The molecule has 1 aromatic carbocycles. The molecule has 0 aliphatic heterocycles. The molecule has 1 atom stereocenters. The highest BCUT2D eigenvalue weighted by Crippen LogP contribution is 2.15. The van der Waals surface area contributed by atoms with Crippen molar-refractivity contribution in [1.29, 1.82) is 0 Å². The number of hydrogen-bond donors (Lipinski definition) is 2. The first-order valence-electron chi connectivity index (χ1n) is 6.80. The number of nitrogens with one attached hydrogen (secondary N) is 1. The third kappa shape index (κ3) is 6.10. The van der Waals surface area contributed by atoms with Crippen molar-refractivity contribution in [3.8, 4) is 11.8 Å². The second-order valence-electron chi connectivity index (χ2n) is 4.45. The second-order valence-corrected chi connectivity index (χ2v) is 7.45. The average Bonchev–Trinajstić information content (AvgIpc) is 2.45. The van der Waals surface area contributed by atoms with Crippen LogP contribution in [-0.4, -0.2) is 37.7 Å². The van der Waals surface area contributed by atoms with Gasteiger partial charge in [0.2, 0.25) is 10.0 Å². The van der Waals surface area contributed by atoms with Crippen molar-refractivity contribution >= 4 is 21.8 Å². The van der Waals surface area contributed by atoms with Crippen LogP contribution < -0.4 is 4.72 Å². The van der Waals surface area contributed by atoms with E-state index < -0.39 is 10.0 Å². The maximum absolute atomic E-state index is 12.4. The van der Waals surface area contributed by atoms with Crippen LogP contribution in [0.3, 0.4) is 0 Å². The molecule has 0 aromatic heterocycles. The molecule has 0 radical (unpaired) electrons. The highest BCUT2D eigenvalue weighted by atomic mass is 32.2. The van der Waals surface area contributed by atoms with E-state index in [2.05, 4.69) is 16.6 Å². The van der Waals surface area contributed by atoms with Gasteiger partial charge in [-0.25, -0.2) is 13.1 Å². The molecule has 116 valence electrons. The van der Waals surface area contributed by atoms with Crippen molar-refractivity contribution in [2.24, 2.45) is 0 Å². The number of rotatable bonds is 7. The van der Waals surface area contributed by atoms with Gasteiger partial charge in [0.15, 0.2) is 0 Å². The molecule has 0 heterocycles. The lowest BCUT2D eigenvalue weighted by Gasteiger charge is -2.14. The van der Waals surface area contributed by atoms with Crippen LogP contribution in [0.25, 0.3) is 0 Å². The number of hydrogen-bond acceptors (Lipinski definition) is 4. The number of aliphatic hydroxyl groups excluding tert-OH is 1. The summed E-state index contributed by atoms with van der Waals surface area (Å²) in [6, 6.07) is 6.50. The summed E-state index contributed by atoms with van der Waals surface area (Å²) in [5, 5.41) is 8.74. The average molecular weight is 327 g/mol. The van der Waals surface area contributed by atoms with E-state index in [1.54, 1.807) is 36.0 Å². The highest BCUT2D eigenvalue weighted by molar-refractivity contribution is 7.99. The van der Waals surface area contributed by atoms with Crippen molar-refractivity contribution in [2.75, 3.05) is 18.1 Å². The highest BCUT2D eigenvalue weighted by Gasteiger charge is 2.19. The van der Waals surface area contributed by atoms with Crippen molar-refractivity contribution in [1.82, 2.24) is 4.72 Å². The van der Waals surface area contributed by atoms with Crippen LogP contribution in [0.1, 0.15) is 25.8 Å². The third-order valence-corrected chi connectivity index (χ3v) is 5.36. The SMILES string of the molecule is CCSCC(C)NS(=O)(=O)c1ccccc1C#CCCO. The van der Waals surface area contributed by atoms with E-state index in [4.69, 9.17) is 5.11 Å². The molecule has 1 rings (SSSR count). The Kier molecular flexibility index (Phi) is 7.83. The molecule has 6 heteroatoms. The smallest absolute Gasteiger partial charge is 0.242 e.